The van der Waals surface area contributed by atoms with Gasteiger partial charge in [-0.05, 0) is 37.0 Å². The lowest BCUT2D eigenvalue weighted by molar-refractivity contribution is 0.0572. The molecule has 0 spiro atoms. The van der Waals surface area contributed by atoms with E-state index < -0.39 is 12.2 Å². The Kier molecular flexibility index (Phi) is 2.49. The van der Waals surface area contributed by atoms with Gasteiger partial charge in [-0.15, -0.1) is 0 Å². The highest BCUT2D eigenvalue weighted by molar-refractivity contribution is 4.93. The van der Waals surface area contributed by atoms with Gasteiger partial charge in [0.05, 0.1) is 12.2 Å². The van der Waals surface area contributed by atoms with Crippen LogP contribution in [0.25, 0.3) is 0 Å². The van der Waals surface area contributed by atoms with Gasteiger partial charge in [0.1, 0.15) is 0 Å². The minimum atomic E-state index is -0.511. The van der Waals surface area contributed by atoms with Crippen molar-refractivity contribution in [3.8, 4) is 0 Å². The van der Waals surface area contributed by atoms with Crippen molar-refractivity contribution in [2.24, 2.45) is 17.8 Å². The molecule has 2 N–H and O–H groups in total. The van der Waals surface area contributed by atoms with Crippen molar-refractivity contribution in [1.82, 2.24) is 4.90 Å². The van der Waals surface area contributed by atoms with Crippen LogP contribution < -0.4 is 0 Å². The first-order valence-electron chi connectivity index (χ1n) is 6.31. The molecule has 15 heavy (non-hydrogen) atoms. The first-order valence-corrected chi connectivity index (χ1v) is 6.31. The minimum Gasteiger partial charge on any atom is -0.389 e. The Balaban J connectivity index is 1.54. The molecule has 1 aliphatic heterocycles. The van der Waals surface area contributed by atoms with Crippen molar-refractivity contribution in [3.63, 3.8) is 0 Å². The van der Waals surface area contributed by atoms with Crippen LogP contribution in [0.3, 0.4) is 0 Å². The Morgan fingerprint density at radius 2 is 1.73 bits per heavy atom. The molecule has 2 bridgehead atoms. The molecule has 3 fully saturated rings. The van der Waals surface area contributed by atoms with E-state index in [1.807, 2.05) is 0 Å². The first-order chi connectivity index (χ1) is 7.22. The molecule has 0 aromatic heterocycles. The summed E-state index contributed by atoms with van der Waals surface area (Å²) in [5.41, 5.74) is 0. The molecule has 1 heterocycles. The highest BCUT2D eigenvalue weighted by atomic mass is 16.3. The lowest BCUT2D eigenvalue weighted by Gasteiger charge is -2.26. The van der Waals surface area contributed by atoms with E-state index in [9.17, 15) is 10.2 Å². The quantitative estimate of drug-likeness (QED) is 0.697. The lowest BCUT2D eigenvalue weighted by atomic mass is 9.88. The van der Waals surface area contributed by atoms with E-state index >= 15 is 0 Å². The fraction of sp³-hybridized carbons (Fsp3) is 1.00. The van der Waals surface area contributed by atoms with Gasteiger partial charge in [-0.25, -0.2) is 0 Å². The van der Waals surface area contributed by atoms with Gasteiger partial charge in [-0.2, -0.15) is 0 Å². The number of aliphatic hydroxyl groups excluding tert-OH is 2. The van der Waals surface area contributed by atoms with Gasteiger partial charge in [0, 0.05) is 19.6 Å². The van der Waals surface area contributed by atoms with Crippen LogP contribution in [0.5, 0.6) is 0 Å². The van der Waals surface area contributed by atoms with E-state index in [1.54, 1.807) is 0 Å². The molecule has 0 amide bonds. The van der Waals surface area contributed by atoms with Gasteiger partial charge in [0.2, 0.25) is 0 Å². The van der Waals surface area contributed by atoms with Crippen molar-refractivity contribution in [1.29, 1.82) is 0 Å². The Labute approximate surface area is 91.1 Å². The van der Waals surface area contributed by atoms with Gasteiger partial charge in [-0.1, -0.05) is 6.42 Å². The molecule has 2 saturated carbocycles. The number of fused-ring (bicyclic) bond motifs is 2. The maximum Gasteiger partial charge on any atom is 0.0938 e. The molecule has 3 aliphatic rings. The summed E-state index contributed by atoms with van der Waals surface area (Å²) in [5.74, 6) is 2.79. The van der Waals surface area contributed by atoms with Crippen LogP contribution in [-0.4, -0.2) is 47.0 Å². The third-order valence-electron chi connectivity index (χ3n) is 4.71. The van der Waals surface area contributed by atoms with Crippen LogP contribution in [0.15, 0.2) is 0 Å². The van der Waals surface area contributed by atoms with Crippen molar-refractivity contribution in [2.75, 3.05) is 19.6 Å². The topological polar surface area (TPSA) is 43.7 Å². The molecular formula is C12H21NO2. The number of β-amino-alcohol motifs (C(OH)–C–C–N with tert-alkyl or cyclic N) is 2. The molecule has 3 heteroatoms. The number of nitrogens with zero attached hydrogens (tertiary/aromatic N) is 1. The van der Waals surface area contributed by atoms with Crippen LogP contribution in [0, 0.1) is 17.8 Å². The molecular weight excluding hydrogens is 190 g/mol. The van der Waals surface area contributed by atoms with Crippen molar-refractivity contribution in [2.45, 2.75) is 37.9 Å². The highest BCUT2D eigenvalue weighted by Crippen LogP contribution is 2.48. The van der Waals surface area contributed by atoms with E-state index in [1.165, 1.54) is 25.7 Å². The molecule has 3 nitrogen and oxygen atoms in total. The summed E-state index contributed by atoms with van der Waals surface area (Å²) in [4.78, 5) is 2.25. The predicted octanol–water partition coefficient (Wildman–Crippen LogP) is 0.460. The average molecular weight is 211 g/mol. The fourth-order valence-corrected chi connectivity index (χ4v) is 3.93. The van der Waals surface area contributed by atoms with Crippen molar-refractivity contribution in [3.05, 3.63) is 0 Å². The summed E-state index contributed by atoms with van der Waals surface area (Å²) in [6.45, 7) is 2.46. The van der Waals surface area contributed by atoms with Gasteiger partial charge < -0.3 is 10.2 Å². The van der Waals surface area contributed by atoms with Gasteiger partial charge in [0.25, 0.3) is 0 Å². The molecule has 5 atom stereocenters. The third kappa shape index (κ3) is 1.81. The summed E-state index contributed by atoms with van der Waals surface area (Å²) < 4.78 is 0. The van der Waals surface area contributed by atoms with Crippen LogP contribution in [-0.2, 0) is 0 Å². The van der Waals surface area contributed by atoms with E-state index in [-0.39, 0.29) is 0 Å². The summed E-state index contributed by atoms with van der Waals surface area (Å²) in [6, 6.07) is 0. The minimum absolute atomic E-state index is 0.511. The largest absolute Gasteiger partial charge is 0.389 e. The van der Waals surface area contributed by atoms with E-state index in [0.29, 0.717) is 13.1 Å². The maximum atomic E-state index is 9.48. The normalized spacial score (nSPS) is 50.4. The Morgan fingerprint density at radius 1 is 1.00 bits per heavy atom. The Bertz CT molecular complexity index is 236. The SMILES string of the molecule is O[C@@H]1CN(CC2CC3CCC2C3)C[C@@H]1O. The first kappa shape index (κ1) is 10.1. The number of likely N-dealkylation sites (tertiary alicyclic amines) is 1. The molecule has 0 aromatic rings. The summed E-state index contributed by atoms with van der Waals surface area (Å²) in [7, 11) is 0. The standard InChI is InChI=1S/C12H21NO2/c14-11-6-13(7-12(11)15)5-10-4-8-1-2-9(10)3-8/h8-12,14-15H,1-7H2/t8?,9?,10?,11-,12+. The lowest BCUT2D eigenvalue weighted by Crippen LogP contribution is -2.31. The maximum absolute atomic E-state index is 9.48. The number of rotatable bonds is 2. The van der Waals surface area contributed by atoms with Gasteiger partial charge >= 0.3 is 0 Å². The Morgan fingerprint density at radius 3 is 2.27 bits per heavy atom. The monoisotopic (exact) mass is 211 g/mol. The van der Waals surface area contributed by atoms with Crippen LogP contribution in [0.4, 0.5) is 0 Å². The van der Waals surface area contributed by atoms with Crippen molar-refractivity contribution >= 4 is 0 Å². The average Bonchev–Trinajstić information content (AvgIpc) is 2.84. The molecule has 3 unspecified atom stereocenters. The van der Waals surface area contributed by atoms with Crippen LogP contribution >= 0.6 is 0 Å². The van der Waals surface area contributed by atoms with E-state index in [0.717, 1.165) is 24.3 Å². The second-order valence-electron chi connectivity index (χ2n) is 5.79. The number of aliphatic hydroxyl groups is 2. The highest BCUT2D eigenvalue weighted by Gasteiger charge is 2.41. The Hall–Kier alpha value is -0.120. The summed E-state index contributed by atoms with van der Waals surface area (Å²) in [6.07, 6.45) is 4.70. The zero-order valence-corrected chi connectivity index (χ0v) is 9.18. The van der Waals surface area contributed by atoms with Gasteiger partial charge in [0.15, 0.2) is 0 Å². The van der Waals surface area contributed by atoms with Gasteiger partial charge in [-0.3, -0.25) is 4.90 Å². The van der Waals surface area contributed by atoms with Crippen LogP contribution in [0.1, 0.15) is 25.7 Å². The smallest absolute Gasteiger partial charge is 0.0938 e. The molecule has 1 saturated heterocycles. The molecule has 86 valence electrons. The number of hydrogen-bond donors (Lipinski definition) is 2. The van der Waals surface area contributed by atoms with E-state index in [4.69, 9.17) is 0 Å². The zero-order chi connectivity index (χ0) is 10.4. The summed E-state index contributed by atoms with van der Waals surface area (Å²) >= 11 is 0. The van der Waals surface area contributed by atoms with E-state index in [2.05, 4.69) is 4.90 Å². The second kappa shape index (κ2) is 3.72. The molecule has 0 radical (unpaired) electrons. The third-order valence-corrected chi connectivity index (χ3v) is 4.71. The molecule has 3 rings (SSSR count). The number of hydrogen-bond acceptors (Lipinski definition) is 3. The molecule has 0 aromatic carbocycles. The van der Waals surface area contributed by atoms with Crippen molar-refractivity contribution < 1.29 is 10.2 Å². The van der Waals surface area contributed by atoms with Crippen LogP contribution in [0.2, 0.25) is 0 Å². The second-order valence-corrected chi connectivity index (χ2v) is 5.79. The predicted molar refractivity (Wildman–Crippen MR) is 57.4 cm³/mol. The molecule has 2 aliphatic carbocycles. The summed E-state index contributed by atoms with van der Waals surface area (Å²) in [5, 5.41) is 19.0. The fourth-order valence-electron chi connectivity index (χ4n) is 3.93. The zero-order valence-electron chi connectivity index (χ0n) is 9.18.